The van der Waals surface area contributed by atoms with Crippen LogP contribution < -0.4 is 14.8 Å². The van der Waals surface area contributed by atoms with E-state index in [0.717, 1.165) is 17.3 Å². The summed E-state index contributed by atoms with van der Waals surface area (Å²) in [5.74, 6) is 0.878. The van der Waals surface area contributed by atoms with Crippen LogP contribution in [0.4, 0.5) is 5.69 Å². The van der Waals surface area contributed by atoms with E-state index >= 15 is 0 Å². The van der Waals surface area contributed by atoms with Crippen LogP contribution in [0.1, 0.15) is 23.7 Å². The Kier molecular flexibility index (Phi) is 5.23. The van der Waals surface area contributed by atoms with Gasteiger partial charge in [-0.2, -0.15) is 5.10 Å². The van der Waals surface area contributed by atoms with Crippen molar-refractivity contribution in [3.8, 4) is 11.5 Å². The second-order valence-electron chi connectivity index (χ2n) is 5.46. The van der Waals surface area contributed by atoms with E-state index in [-0.39, 0.29) is 5.91 Å². The van der Waals surface area contributed by atoms with E-state index in [0.29, 0.717) is 33.8 Å². The number of methoxy groups -OCH3 is 1. The van der Waals surface area contributed by atoms with Crippen molar-refractivity contribution in [2.45, 2.75) is 13.3 Å². The Balaban J connectivity index is 1.84. The minimum atomic E-state index is -0.233. The molecule has 0 aliphatic heterocycles. The smallest absolute Gasteiger partial charge is 0.255 e. The Morgan fingerprint density at radius 1 is 1.32 bits per heavy atom. The summed E-state index contributed by atoms with van der Waals surface area (Å²) < 4.78 is 11.7. The summed E-state index contributed by atoms with van der Waals surface area (Å²) >= 11 is 3.45. The third-order valence-electron chi connectivity index (χ3n) is 3.64. The number of carbonyl (C=O) groups is 1. The number of hydrogen-bond donors (Lipinski definition) is 2. The maximum absolute atomic E-state index is 12.6. The summed E-state index contributed by atoms with van der Waals surface area (Å²) in [6.07, 6.45) is 2.60. The number of anilines is 1. The number of benzene rings is 2. The Bertz CT molecular complexity index is 908. The Hall–Kier alpha value is -2.54. The molecule has 0 fully saturated rings. The quantitative estimate of drug-likeness (QED) is 0.640. The van der Waals surface area contributed by atoms with Crippen LogP contribution in [0.15, 0.2) is 41.0 Å². The van der Waals surface area contributed by atoms with Gasteiger partial charge in [-0.1, -0.05) is 6.92 Å². The topological polar surface area (TPSA) is 76.2 Å². The highest BCUT2D eigenvalue weighted by molar-refractivity contribution is 9.10. The van der Waals surface area contributed by atoms with Crippen molar-refractivity contribution in [1.82, 2.24) is 10.2 Å². The molecule has 0 saturated heterocycles. The molecule has 130 valence electrons. The highest BCUT2D eigenvalue weighted by atomic mass is 79.9. The normalized spacial score (nSPS) is 10.7. The molecule has 2 aromatic carbocycles. The number of nitrogens with zero attached hydrogens (tertiary/aromatic N) is 1. The number of rotatable bonds is 6. The van der Waals surface area contributed by atoms with Gasteiger partial charge in [0.2, 0.25) is 0 Å². The lowest BCUT2D eigenvalue weighted by atomic mass is 10.1. The zero-order valence-electron chi connectivity index (χ0n) is 13.9. The molecule has 1 aromatic heterocycles. The maximum Gasteiger partial charge on any atom is 0.255 e. The predicted octanol–water partition coefficient (Wildman–Crippen LogP) is 4.38. The lowest BCUT2D eigenvalue weighted by Gasteiger charge is -2.14. The molecule has 1 amide bonds. The van der Waals surface area contributed by atoms with Crippen LogP contribution in [0.2, 0.25) is 0 Å². The van der Waals surface area contributed by atoms with Crippen LogP contribution in [-0.2, 0) is 0 Å². The first-order valence-corrected chi connectivity index (χ1v) is 8.66. The lowest BCUT2D eigenvalue weighted by Crippen LogP contribution is -2.12. The van der Waals surface area contributed by atoms with E-state index in [2.05, 4.69) is 31.4 Å². The number of carbonyl (C=O) groups excluding carboxylic acids is 1. The largest absolute Gasteiger partial charge is 0.493 e. The Labute approximate surface area is 153 Å². The van der Waals surface area contributed by atoms with E-state index in [4.69, 9.17) is 9.47 Å². The van der Waals surface area contributed by atoms with Crippen LogP contribution in [0.25, 0.3) is 10.9 Å². The van der Waals surface area contributed by atoms with Gasteiger partial charge in [0.1, 0.15) is 0 Å². The summed E-state index contributed by atoms with van der Waals surface area (Å²) in [5.41, 5.74) is 2.08. The Morgan fingerprint density at radius 3 is 2.92 bits per heavy atom. The molecule has 1 heterocycles. The average molecular weight is 404 g/mol. The highest BCUT2D eigenvalue weighted by Crippen LogP contribution is 2.37. The van der Waals surface area contributed by atoms with Crippen molar-refractivity contribution in [3.63, 3.8) is 0 Å². The first kappa shape index (κ1) is 17.3. The van der Waals surface area contributed by atoms with Gasteiger partial charge in [0.25, 0.3) is 5.91 Å². The summed E-state index contributed by atoms with van der Waals surface area (Å²) in [5, 5.41) is 10.7. The predicted molar refractivity (Wildman–Crippen MR) is 101 cm³/mol. The summed E-state index contributed by atoms with van der Waals surface area (Å²) in [4.78, 5) is 12.6. The fraction of sp³-hybridized carbons (Fsp3) is 0.222. The van der Waals surface area contributed by atoms with E-state index < -0.39 is 0 Å². The highest BCUT2D eigenvalue weighted by Gasteiger charge is 2.16. The number of H-pyrrole nitrogens is 1. The third-order valence-corrected chi connectivity index (χ3v) is 4.23. The fourth-order valence-corrected chi connectivity index (χ4v) is 2.98. The molecule has 3 rings (SSSR count). The standard InChI is InChI=1S/C18H18BrN3O3/c1-3-6-25-17-14(19)8-11(9-16(17)24-2)18(23)21-13-4-5-15-12(7-13)10-20-22-15/h4-5,7-10H,3,6H2,1-2H3,(H,20,22)(H,21,23). The molecule has 0 spiro atoms. The van der Waals surface area contributed by atoms with Crippen molar-refractivity contribution in [2.75, 3.05) is 19.0 Å². The summed E-state index contributed by atoms with van der Waals surface area (Å²) in [6.45, 7) is 2.60. The van der Waals surface area contributed by atoms with Gasteiger partial charge >= 0.3 is 0 Å². The summed E-state index contributed by atoms with van der Waals surface area (Å²) in [6, 6.07) is 8.95. The van der Waals surface area contributed by atoms with Gasteiger partial charge in [-0.05, 0) is 52.7 Å². The molecule has 0 bridgehead atoms. The zero-order valence-corrected chi connectivity index (χ0v) is 15.5. The molecule has 0 saturated carbocycles. The number of aromatic amines is 1. The van der Waals surface area contributed by atoms with Crippen molar-refractivity contribution >= 4 is 38.4 Å². The number of hydrogen-bond acceptors (Lipinski definition) is 4. The summed E-state index contributed by atoms with van der Waals surface area (Å²) in [7, 11) is 1.55. The van der Waals surface area contributed by atoms with Crippen LogP contribution in [0, 0.1) is 0 Å². The molecule has 0 aliphatic rings. The zero-order chi connectivity index (χ0) is 17.8. The van der Waals surface area contributed by atoms with E-state index in [1.807, 2.05) is 25.1 Å². The number of fused-ring (bicyclic) bond motifs is 1. The molecule has 0 aliphatic carbocycles. The molecule has 3 aromatic rings. The fourth-order valence-electron chi connectivity index (χ4n) is 2.42. The first-order valence-electron chi connectivity index (χ1n) is 7.87. The van der Waals surface area contributed by atoms with E-state index in [9.17, 15) is 4.79 Å². The second-order valence-corrected chi connectivity index (χ2v) is 6.32. The molecule has 25 heavy (non-hydrogen) atoms. The number of nitrogens with one attached hydrogen (secondary N) is 2. The number of ether oxygens (including phenoxy) is 2. The average Bonchev–Trinajstić information content (AvgIpc) is 3.07. The maximum atomic E-state index is 12.6. The van der Waals surface area contributed by atoms with Gasteiger partial charge in [-0.25, -0.2) is 0 Å². The molecular weight excluding hydrogens is 386 g/mol. The van der Waals surface area contributed by atoms with E-state index in [1.54, 1.807) is 25.4 Å². The lowest BCUT2D eigenvalue weighted by molar-refractivity contribution is 0.102. The first-order chi connectivity index (χ1) is 12.1. The number of amides is 1. The minimum Gasteiger partial charge on any atom is -0.493 e. The monoisotopic (exact) mass is 403 g/mol. The van der Waals surface area contributed by atoms with Gasteiger partial charge in [0.15, 0.2) is 11.5 Å². The van der Waals surface area contributed by atoms with Crippen molar-refractivity contribution in [2.24, 2.45) is 0 Å². The van der Waals surface area contributed by atoms with Gasteiger partial charge in [0, 0.05) is 16.6 Å². The van der Waals surface area contributed by atoms with Crippen LogP contribution in [0.3, 0.4) is 0 Å². The van der Waals surface area contributed by atoms with Gasteiger partial charge in [-0.3, -0.25) is 9.89 Å². The SMILES string of the molecule is CCCOc1c(Br)cc(C(=O)Nc2ccc3[nH]ncc3c2)cc1OC. The number of halogens is 1. The molecular formula is C18H18BrN3O3. The Morgan fingerprint density at radius 2 is 2.16 bits per heavy atom. The van der Waals surface area contributed by atoms with Crippen molar-refractivity contribution < 1.29 is 14.3 Å². The van der Waals surface area contributed by atoms with Gasteiger partial charge in [0.05, 0.1) is 29.9 Å². The van der Waals surface area contributed by atoms with Crippen LogP contribution in [0.5, 0.6) is 11.5 Å². The molecule has 0 radical (unpaired) electrons. The van der Waals surface area contributed by atoms with Crippen molar-refractivity contribution in [3.05, 3.63) is 46.6 Å². The van der Waals surface area contributed by atoms with Gasteiger partial charge in [-0.15, -0.1) is 0 Å². The molecule has 0 atom stereocenters. The van der Waals surface area contributed by atoms with E-state index in [1.165, 1.54) is 0 Å². The minimum absolute atomic E-state index is 0.233. The molecule has 0 unspecified atom stereocenters. The third kappa shape index (κ3) is 3.76. The molecule has 7 heteroatoms. The van der Waals surface area contributed by atoms with Crippen molar-refractivity contribution in [1.29, 1.82) is 0 Å². The molecule has 2 N–H and O–H groups in total. The second kappa shape index (κ2) is 7.57. The van der Waals surface area contributed by atoms with Gasteiger partial charge < -0.3 is 14.8 Å². The number of aromatic nitrogens is 2. The van der Waals surface area contributed by atoms with Crippen LogP contribution in [-0.4, -0.2) is 29.8 Å². The molecule has 6 nitrogen and oxygen atoms in total. The van der Waals surface area contributed by atoms with Crippen LogP contribution >= 0.6 is 15.9 Å².